The lowest BCUT2D eigenvalue weighted by Crippen LogP contribution is -2.47. The maximum absolute atomic E-state index is 2.35. The monoisotopic (exact) mass is 128 g/mol. The Morgan fingerprint density at radius 2 is 1.33 bits per heavy atom. The minimum atomic E-state index is 0.875. The lowest BCUT2D eigenvalue weighted by atomic mass is 10.2. The molecule has 54 valence electrons. The standard InChI is InChI=1S/C8H18N/c1-7-5-6-8(2)9(7,3)4/h7-8H,5-6H2,1-4H3/q+1. The van der Waals surface area contributed by atoms with E-state index in [0.717, 1.165) is 12.1 Å². The Balaban J connectivity index is 2.66. The smallest absolute Gasteiger partial charge is 0.0861 e. The van der Waals surface area contributed by atoms with Crippen LogP contribution in [0.2, 0.25) is 0 Å². The van der Waals surface area contributed by atoms with E-state index in [1.54, 1.807) is 0 Å². The van der Waals surface area contributed by atoms with Crippen molar-refractivity contribution in [2.45, 2.75) is 38.8 Å². The van der Waals surface area contributed by atoms with Gasteiger partial charge in [0, 0.05) is 12.8 Å². The van der Waals surface area contributed by atoms with E-state index >= 15 is 0 Å². The second kappa shape index (κ2) is 1.98. The number of hydrogen-bond donors (Lipinski definition) is 0. The molecule has 9 heavy (non-hydrogen) atoms. The van der Waals surface area contributed by atoms with Crippen LogP contribution in [0, 0.1) is 0 Å². The van der Waals surface area contributed by atoms with Crippen LogP contribution in [0.5, 0.6) is 0 Å². The first-order valence-electron chi connectivity index (χ1n) is 3.88. The van der Waals surface area contributed by atoms with Crippen LogP contribution in [0.25, 0.3) is 0 Å². The highest BCUT2D eigenvalue weighted by Gasteiger charge is 2.36. The van der Waals surface area contributed by atoms with Crippen molar-refractivity contribution in [2.75, 3.05) is 14.1 Å². The van der Waals surface area contributed by atoms with E-state index in [4.69, 9.17) is 0 Å². The Labute approximate surface area is 58.3 Å². The van der Waals surface area contributed by atoms with Crippen LogP contribution in [-0.4, -0.2) is 30.7 Å². The summed E-state index contributed by atoms with van der Waals surface area (Å²) in [5.41, 5.74) is 0. The summed E-state index contributed by atoms with van der Waals surface area (Å²) in [6, 6.07) is 1.75. The van der Waals surface area contributed by atoms with Gasteiger partial charge in [-0.15, -0.1) is 0 Å². The van der Waals surface area contributed by atoms with Crippen LogP contribution in [0.1, 0.15) is 26.7 Å². The van der Waals surface area contributed by atoms with E-state index in [-0.39, 0.29) is 0 Å². The highest BCUT2D eigenvalue weighted by atomic mass is 15.4. The topological polar surface area (TPSA) is 0 Å². The normalized spacial score (nSPS) is 41.3. The molecule has 0 bridgehead atoms. The van der Waals surface area contributed by atoms with E-state index in [1.807, 2.05) is 0 Å². The Hall–Kier alpha value is -0.0400. The third kappa shape index (κ3) is 0.983. The first-order chi connectivity index (χ1) is 4.05. The van der Waals surface area contributed by atoms with Crippen molar-refractivity contribution >= 4 is 0 Å². The summed E-state index contributed by atoms with van der Waals surface area (Å²) in [4.78, 5) is 0. The molecule has 1 heterocycles. The van der Waals surface area contributed by atoms with Crippen LogP contribution < -0.4 is 0 Å². The van der Waals surface area contributed by atoms with Crippen LogP contribution >= 0.6 is 0 Å². The first-order valence-corrected chi connectivity index (χ1v) is 3.88. The van der Waals surface area contributed by atoms with Gasteiger partial charge in [-0.25, -0.2) is 0 Å². The van der Waals surface area contributed by atoms with E-state index < -0.39 is 0 Å². The zero-order chi connectivity index (χ0) is 7.07. The summed E-state index contributed by atoms with van der Waals surface area (Å²) >= 11 is 0. The summed E-state index contributed by atoms with van der Waals surface area (Å²) in [7, 11) is 4.67. The molecule has 0 aromatic carbocycles. The first kappa shape index (κ1) is 7.07. The Bertz CT molecular complexity index is 95.1. The largest absolute Gasteiger partial charge is 0.324 e. The van der Waals surface area contributed by atoms with Gasteiger partial charge in [0.05, 0.1) is 26.2 Å². The van der Waals surface area contributed by atoms with Crippen molar-refractivity contribution in [3.05, 3.63) is 0 Å². The lowest BCUT2D eigenvalue weighted by Gasteiger charge is -2.34. The summed E-state index contributed by atoms with van der Waals surface area (Å²) < 4.78 is 1.22. The molecule has 1 saturated heterocycles. The van der Waals surface area contributed by atoms with Crippen molar-refractivity contribution < 1.29 is 4.48 Å². The van der Waals surface area contributed by atoms with E-state index in [2.05, 4.69) is 27.9 Å². The van der Waals surface area contributed by atoms with Gasteiger partial charge in [-0.2, -0.15) is 0 Å². The average Bonchev–Trinajstić information content (AvgIpc) is 1.96. The molecule has 1 heteroatoms. The number of nitrogens with zero attached hydrogens (tertiary/aromatic N) is 1. The van der Waals surface area contributed by atoms with Gasteiger partial charge >= 0.3 is 0 Å². The van der Waals surface area contributed by atoms with Gasteiger partial charge in [-0.1, -0.05) is 0 Å². The molecule has 0 aliphatic carbocycles. The Morgan fingerprint density at radius 1 is 1.00 bits per heavy atom. The number of hydrogen-bond acceptors (Lipinski definition) is 0. The fourth-order valence-corrected chi connectivity index (χ4v) is 1.58. The minimum absolute atomic E-state index is 0.875. The lowest BCUT2D eigenvalue weighted by molar-refractivity contribution is -0.921. The summed E-state index contributed by atoms with van der Waals surface area (Å²) in [5, 5.41) is 0. The number of quaternary nitrogens is 1. The molecule has 2 atom stereocenters. The predicted molar refractivity (Wildman–Crippen MR) is 40.3 cm³/mol. The van der Waals surface area contributed by atoms with Crippen LogP contribution in [0.4, 0.5) is 0 Å². The Morgan fingerprint density at radius 3 is 1.44 bits per heavy atom. The fraction of sp³-hybridized carbons (Fsp3) is 1.00. The van der Waals surface area contributed by atoms with Crippen molar-refractivity contribution in [1.29, 1.82) is 0 Å². The quantitative estimate of drug-likeness (QED) is 0.435. The zero-order valence-corrected chi connectivity index (χ0v) is 7.02. The van der Waals surface area contributed by atoms with Gasteiger partial charge in [-0.05, 0) is 13.8 Å². The number of likely N-dealkylation sites (tertiary alicyclic amines) is 1. The van der Waals surface area contributed by atoms with Crippen LogP contribution in [-0.2, 0) is 0 Å². The molecule has 1 fully saturated rings. The van der Waals surface area contributed by atoms with Gasteiger partial charge in [0.15, 0.2) is 0 Å². The number of rotatable bonds is 0. The van der Waals surface area contributed by atoms with E-state index in [1.165, 1.54) is 17.3 Å². The van der Waals surface area contributed by atoms with Crippen molar-refractivity contribution in [2.24, 2.45) is 0 Å². The average molecular weight is 128 g/mol. The van der Waals surface area contributed by atoms with Crippen molar-refractivity contribution in [3.8, 4) is 0 Å². The molecule has 1 aliphatic heterocycles. The molecular weight excluding hydrogens is 110 g/mol. The maximum Gasteiger partial charge on any atom is 0.0861 e. The van der Waals surface area contributed by atoms with Crippen molar-refractivity contribution in [3.63, 3.8) is 0 Å². The molecule has 0 radical (unpaired) electrons. The molecule has 2 unspecified atom stereocenters. The molecule has 0 saturated carbocycles. The summed E-state index contributed by atoms with van der Waals surface area (Å²) in [6.45, 7) is 4.70. The van der Waals surface area contributed by atoms with Gasteiger partial charge in [0.2, 0.25) is 0 Å². The molecule has 0 N–H and O–H groups in total. The third-order valence-corrected chi connectivity index (χ3v) is 3.27. The molecular formula is C8H18N+. The molecule has 0 spiro atoms. The van der Waals surface area contributed by atoms with Gasteiger partial charge in [-0.3, -0.25) is 0 Å². The zero-order valence-electron chi connectivity index (χ0n) is 7.02. The van der Waals surface area contributed by atoms with Crippen molar-refractivity contribution in [1.82, 2.24) is 0 Å². The summed E-state index contributed by atoms with van der Waals surface area (Å²) in [5.74, 6) is 0. The Kier molecular flexibility index (Phi) is 1.55. The minimum Gasteiger partial charge on any atom is -0.324 e. The molecule has 1 nitrogen and oxygen atoms in total. The third-order valence-electron chi connectivity index (χ3n) is 3.27. The van der Waals surface area contributed by atoms with E-state index in [0.29, 0.717) is 0 Å². The van der Waals surface area contributed by atoms with Gasteiger partial charge in [0.25, 0.3) is 0 Å². The molecule has 0 aromatic heterocycles. The second-order valence-electron chi connectivity index (χ2n) is 3.90. The highest BCUT2D eigenvalue weighted by molar-refractivity contribution is 4.66. The SMILES string of the molecule is CC1CCC(C)[N+]1(C)C. The van der Waals surface area contributed by atoms with Crippen LogP contribution in [0.15, 0.2) is 0 Å². The second-order valence-corrected chi connectivity index (χ2v) is 3.90. The molecule has 1 rings (SSSR count). The fourth-order valence-electron chi connectivity index (χ4n) is 1.58. The molecule has 0 amide bonds. The summed E-state index contributed by atoms with van der Waals surface area (Å²) in [6.07, 6.45) is 2.82. The predicted octanol–water partition coefficient (Wildman–Crippen LogP) is 1.63. The van der Waals surface area contributed by atoms with Crippen LogP contribution in [0.3, 0.4) is 0 Å². The van der Waals surface area contributed by atoms with Gasteiger partial charge in [0.1, 0.15) is 0 Å². The van der Waals surface area contributed by atoms with E-state index in [9.17, 15) is 0 Å². The van der Waals surface area contributed by atoms with Gasteiger partial charge < -0.3 is 4.48 Å². The molecule has 1 aliphatic rings. The molecule has 0 aromatic rings. The highest BCUT2D eigenvalue weighted by Crippen LogP contribution is 2.27. The maximum atomic E-state index is 2.35.